The van der Waals surface area contributed by atoms with Crippen LogP contribution in [0.1, 0.15) is 11.1 Å². The average Bonchev–Trinajstić information content (AvgIpc) is 2.73. The molecule has 0 aliphatic rings. The first-order chi connectivity index (χ1) is 13.9. The van der Waals surface area contributed by atoms with E-state index in [4.69, 9.17) is 6.42 Å². The SMILES string of the molecule is C#Cc1cccc(-c2ncc3cc(NS(=O)(=O)c4ccc(C)cc4)ccc3n2)c1. The zero-order chi connectivity index (χ0) is 20.4. The van der Waals surface area contributed by atoms with Gasteiger partial charge in [-0.05, 0) is 49.4 Å². The van der Waals surface area contributed by atoms with Gasteiger partial charge in [-0.2, -0.15) is 0 Å². The molecule has 1 N–H and O–H groups in total. The molecule has 29 heavy (non-hydrogen) atoms. The Morgan fingerprint density at radius 1 is 1.00 bits per heavy atom. The molecule has 0 saturated heterocycles. The highest BCUT2D eigenvalue weighted by Gasteiger charge is 2.14. The minimum absolute atomic E-state index is 0.211. The van der Waals surface area contributed by atoms with E-state index in [1.165, 1.54) is 0 Å². The molecule has 0 unspecified atom stereocenters. The Kier molecular flexibility index (Phi) is 4.75. The minimum Gasteiger partial charge on any atom is -0.280 e. The molecule has 6 heteroatoms. The highest BCUT2D eigenvalue weighted by Crippen LogP contribution is 2.23. The Bertz CT molecular complexity index is 1360. The molecule has 0 fully saturated rings. The summed E-state index contributed by atoms with van der Waals surface area (Å²) >= 11 is 0. The van der Waals surface area contributed by atoms with E-state index in [1.54, 1.807) is 48.7 Å². The number of nitrogens with zero attached hydrogens (tertiary/aromatic N) is 2. The Labute approximate surface area is 169 Å². The van der Waals surface area contributed by atoms with Gasteiger partial charge in [-0.25, -0.2) is 18.4 Å². The summed E-state index contributed by atoms with van der Waals surface area (Å²) in [6.07, 6.45) is 7.13. The van der Waals surface area contributed by atoms with Crippen molar-refractivity contribution in [3.8, 4) is 23.7 Å². The molecular formula is C23H17N3O2S. The summed E-state index contributed by atoms with van der Waals surface area (Å²) in [4.78, 5) is 9.18. The van der Waals surface area contributed by atoms with Gasteiger partial charge in [-0.3, -0.25) is 4.72 Å². The number of sulfonamides is 1. The summed E-state index contributed by atoms with van der Waals surface area (Å²) in [5.41, 5.74) is 3.73. The predicted octanol–water partition coefficient (Wildman–Crippen LogP) is 4.39. The van der Waals surface area contributed by atoms with E-state index < -0.39 is 10.0 Å². The smallest absolute Gasteiger partial charge is 0.261 e. The number of anilines is 1. The Morgan fingerprint density at radius 3 is 2.55 bits per heavy atom. The largest absolute Gasteiger partial charge is 0.280 e. The molecule has 4 aromatic rings. The van der Waals surface area contributed by atoms with E-state index in [2.05, 4.69) is 20.6 Å². The first-order valence-corrected chi connectivity index (χ1v) is 10.4. The van der Waals surface area contributed by atoms with Crippen molar-refractivity contribution in [2.75, 3.05) is 4.72 Å². The third-order valence-corrected chi connectivity index (χ3v) is 5.85. The van der Waals surface area contributed by atoms with Crippen LogP contribution in [-0.4, -0.2) is 18.4 Å². The summed E-state index contributed by atoms with van der Waals surface area (Å²) in [6, 6.07) is 19.3. The Hall–Kier alpha value is -3.69. The van der Waals surface area contributed by atoms with Crippen LogP contribution in [0.2, 0.25) is 0 Å². The second-order valence-corrected chi connectivity index (χ2v) is 8.29. The normalized spacial score (nSPS) is 11.2. The minimum atomic E-state index is -3.67. The average molecular weight is 399 g/mol. The Morgan fingerprint density at radius 2 is 1.79 bits per heavy atom. The lowest BCUT2D eigenvalue weighted by Gasteiger charge is -2.09. The first kappa shape index (κ1) is 18.7. The van der Waals surface area contributed by atoms with Crippen molar-refractivity contribution in [2.45, 2.75) is 11.8 Å². The van der Waals surface area contributed by atoms with E-state index in [0.717, 1.165) is 22.1 Å². The van der Waals surface area contributed by atoms with Crippen molar-refractivity contribution in [1.82, 2.24) is 9.97 Å². The second kappa shape index (κ2) is 7.38. The van der Waals surface area contributed by atoms with Gasteiger partial charge >= 0.3 is 0 Å². The fourth-order valence-corrected chi connectivity index (χ4v) is 3.97. The van der Waals surface area contributed by atoms with E-state index in [0.29, 0.717) is 17.0 Å². The van der Waals surface area contributed by atoms with E-state index >= 15 is 0 Å². The number of benzene rings is 3. The van der Waals surface area contributed by atoms with Crippen molar-refractivity contribution >= 4 is 26.6 Å². The van der Waals surface area contributed by atoms with Gasteiger partial charge in [0.1, 0.15) is 0 Å². The van der Waals surface area contributed by atoms with Crippen LogP contribution in [0.5, 0.6) is 0 Å². The summed E-state index contributed by atoms with van der Waals surface area (Å²) in [6.45, 7) is 1.91. The quantitative estimate of drug-likeness (QED) is 0.517. The third-order valence-electron chi connectivity index (χ3n) is 4.45. The standard InChI is InChI=1S/C23H17N3O2S/c1-3-17-5-4-6-18(13-17)23-24-15-19-14-20(9-12-22(19)25-23)26-29(27,28)21-10-7-16(2)8-11-21/h1,4-15,26H,2H3. The number of hydrogen-bond donors (Lipinski definition) is 1. The van der Waals surface area contributed by atoms with Gasteiger partial charge in [0.15, 0.2) is 5.82 Å². The molecule has 1 heterocycles. The Balaban J connectivity index is 1.65. The van der Waals surface area contributed by atoms with Gasteiger partial charge in [0.05, 0.1) is 10.4 Å². The van der Waals surface area contributed by atoms with Crippen LogP contribution in [0.25, 0.3) is 22.3 Å². The first-order valence-electron chi connectivity index (χ1n) is 8.88. The van der Waals surface area contributed by atoms with Crippen molar-refractivity contribution in [3.05, 3.63) is 84.1 Å². The predicted molar refractivity (Wildman–Crippen MR) is 115 cm³/mol. The summed E-state index contributed by atoms with van der Waals surface area (Å²) in [7, 11) is -3.67. The lowest BCUT2D eigenvalue weighted by Crippen LogP contribution is -2.12. The third kappa shape index (κ3) is 3.96. The molecule has 0 amide bonds. The van der Waals surface area contributed by atoms with Gasteiger partial charge in [0, 0.05) is 28.4 Å². The number of rotatable bonds is 4. The molecule has 0 radical (unpaired) electrons. The monoisotopic (exact) mass is 399 g/mol. The maximum Gasteiger partial charge on any atom is 0.261 e. The molecule has 0 bridgehead atoms. The second-order valence-electron chi connectivity index (χ2n) is 6.61. The molecule has 5 nitrogen and oxygen atoms in total. The van der Waals surface area contributed by atoms with Crippen LogP contribution < -0.4 is 4.72 Å². The maximum absolute atomic E-state index is 12.6. The van der Waals surface area contributed by atoms with Crippen LogP contribution in [0.4, 0.5) is 5.69 Å². The number of aromatic nitrogens is 2. The van der Waals surface area contributed by atoms with Crippen molar-refractivity contribution in [2.24, 2.45) is 0 Å². The van der Waals surface area contributed by atoms with Crippen molar-refractivity contribution < 1.29 is 8.42 Å². The van der Waals surface area contributed by atoms with Gasteiger partial charge in [0.25, 0.3) is 10.0 Å². The molecule has 0 saturated carbocycles. The lowest BCUT2D eigenvalue weighted by atomic mass is 10.1. The molecule has 0 atom stereocenters. The molecule has 1 aromatic heterocycles. The molecule has 0 aliphatic heterocycles. The van der Waals surface area contributed by atoms with Crippen molar-refractivity contribution in [3.63, 3.8) is 0 Å². The number of hydrogen-bond acceptors (Lipinski definition) is 4. The van der Waals surface area contributed by atoms with E-state index in [9.17, 15) is 8.42 Å². The van der Waals surface area contributed by atoms with Crippen LogP contribution in [0.15, 0.2) is 77.8 Å². The highest BCUT2D eigenvalue weighted by atomic mass is 32.2. The topological polar surface area (TPSA) is 72.0 Å². The fraction of sp³-hybridized carbons (Fsp3) is 0.0435. The molecule has 4 rings (SSSR count). The van der Waals surface area contributed by atoms with E-state index in [1.807, 2.05) is 31.2 Å². The zero-order valence-corrected chi connectivity index (χ0v) is 16.4. The van der Waals surface area contributed by atoms with E-state index in [-0.39, 0.29) is 4.90 Å². The van der Waals surface area contributed by atoms with Crippen LogP contribution in [0.3, 0.4) is 0 Å². The van der Waals surface area contributed by atoms with Gasteiger partial charge in [0.2, 0.25) is 0 Å². The number of nitrogens with one attached hydrogen (secondary N) is 1. The molecule has 3 aromatic carbocycles. The summed E-state index contributed by atoms with van der Waals surface area (Å²) < 4.78 is 27.8. The summed E-state index contributed by atoms with van der Waals surface area (Å²) in [5, 5.41) is 0.728. The maximum atomic E-state index is 12.6. The highest BCUT2D eigenvalue weighted by molar-refractivity contribution is 7.92. The van der Waals surface area contributed by atoms with Crippen molar-refractivity contribution in [1.29, 1.82) is 0 Å². The van der Waals surface area contributed by atoms with Crippen LogP contribution in [-0.2, 0) is 10.0 Å². The lowest BCUT2D eigenvalue weighted by molar-refractivity contribution is 0.601. The number of fused-ring (bicyclic) bond motifs is 1. The zero-order valence-electron chi connectivity index (χ0n) is 15.6. The molecule has 0 aliphatic carbocycles. The van der Waals surface area contributed by atoms with Gasteiger partial charge in [-0.15, -0.1) is 6.42 Å². The summed E-state index contributed by atoms with van der Waals surface area (Å²) in [5.74, 6) is 3.16. The van der Waals surface area contributed by atoms with Gasteiger partial charge < -0.3 is 0 Å². The molecule has 142 valence electrons. The number of terminal acetylenes is 1. The van der Waals surface area contributed by atoms with Crippen LogP contribution >= 0.6 is 0 Å². The van der Waals surface area contributed by atoms with Gasteiger partial charge in [-0.1, -0.05) is 35.7 Å². The fourth-order valence-electron chi connectivity index (χ4n) is 2.92. The molecule has 0 spiro atoms. The number of aryl methyl sites for hydroxylation is 1. The van der Waals surface area contributed by atoms with Crippen LogP contribution in [0, 0.1) is 19.3 Å². The molecular weight excluding hydrogens is 382 g/mol.